The van der Waals surface area contributed by atoms with Crippen LogP contribution in [0.3, 0.4) is 0 Å². The third kappa shape index (κ3) is 2.25. The lowest BCUT2D eigenvalue weighted by Gasteiger charge is -2.08. The van der Waals surface area contributed by atoms with Crippen molar-refractivity contribution >= 4 is 5.69 Å². The second-order valence-corrected chi connectivity index (χ2v) is 2.38. The molecule has 0 aliphatic carbocycles. The molecule has 0 fully saturated rings. The van der Waals surface area contributed by atoms with Gasteiger partial charge in [-0.25, -0.2) is 0 Å². The number of nitrogens with one attached hydrogen (secondary N) is 1. The van der Waals surface area contributed by atoms with Crippen molar-refractivity contribution in [2.75, 3.05) is 5.48 Å². The molecule has 0 aromatic heterocycles. The molecule has 0 spiro atoms. The van der Waals surface area contributed by atoms with Crippen LogP contribution in [0.4, 0.5) is 18.9 Å². The van der Waals surface area contributed by atoms with Crippen LogP contribution in [-0.4, -0.2) is 10.3 Å². The van der Waals surface area contributed by atoms with Crippen molar-refractivity contribution in [1.82, 2.24) is 0 Å². The van der Waals surface area contributed by atoms with E-state index in [0.29, 0.717) is 12.1 Å². The highest BCUT2D eigenvalue weighted by atomic mass is 19.4. The summed E-state index contributed by atoms with van der Waals surface area (Å²) < 4.78 is 36.2. The Morgan fingerprint density at radius 2 is 1.77 bits per heavy atom. The van der Waals surface area contributed by atoms with Gasteiger partial charge in [-0.1, -0.05) is 0 Å². The fraction of sp³-hybridized carbons (Fsp3) is 0.143. The molecule has 72 valence electrons. The maximum absolute atomic E-state index is 12.1. The first-order valence-electron chi connectivity index (χ1n) is 3.25. The number of aromatic hydroxyl groups is 1. The molecule has 0 amide bonds. The molecule has 0 bridgehead atoms. The lowest BCUT2D eigenvalue weighted by atomic mass is 10.2. The Hall–Kier alpha value is -1.43. The molecule has 0 atom stereocenters. The van der Waals surface area contributed by atoms with E-state index in [2.05, 4.69) is 0 Å². The number of rotatable bonds is 1. The van der Waals surface area contributed by atoms with Crippen LogP contribution in [0.2, 0.25) is 0 Å². The summed E-state index contributed by atoms with van der Waals surface area (Å²) in [4.78, 5) is 0. The minimum absolute atomic E-state index is 0.215. The average molecular weight is 193 g/mol. The zero-order valence-electron chi connectivity index (χ0n) is 6.26. The van der Waals surface area contributed by atoms with Crippen molar-refractivity contribution in [3.63, 3.8) is 0 Å². The number of benzene rings is 1. The predicted molar refractivity (Wildman–Crippen MR) is 38.5 cm³/mol. The third-order valence-electron chi connectivity index (χ3n) is 1.37. The van der Waals surface area contributed by atoms with Gasteiger partial charge in [0.2, 0.25) is 0 Å². The fourth-order valence-corrected chi connectivity index (χ4v) is 0.839. The maximum Gasteiger partial charge on any atom is 0.416 e. The second kappa shape index (κ2) is 3.14. The Morgan fingerprint density at radius 3 is 2.23 bits per heavy atom. The van der Waals surface area contributed by atoms with E-state index < -0.39 is 17.5 Å². The molecule has 3 nitrogen and oxygen atoms in total. The van der Waals surface area contributed by atoms with Crippen molar-refractivity contribution in [2.24, 2.45) is 0 Å². The van der Waals surface area contributed by atoms with Crippen LogP contribution in [0.5, 0.6) is 5.75 Å². The summed E-state index contributed by atoms with van der Waals surface area (Å²) in [6, 6.07) is 2.22. The molecule has 0 heterocycles. The SMILES string of the molecule is ONc1cc(O)cc(C(F)(F)F)c1. The second-order valence-electron chi connectivity index (χ2n) is 2.38. The van der Waals surface area contributed by atoms with E-state index in [1.54, 1.807) is 0 Å². The molecule has 1 rings (SSSR count). The summed E-state index contributed by atoms with van der Waals surface area (Å²) in [5, 5.41) is 17.2. The lowest BCUT2D eigenvalue weighted by molar-refractivity contribution is -0.137. The Bertz CT molecular complexity index is 311. The summed E-state index contributed by atoms with van der Waals surface area (Å²) in [7, 11) is 0. The molecular weight excluding hydrogens is 187 g/mol. The normalized spacial score (nSPS) is 11.4. The molecule has 0 aliphatic rings. The number of alkyl halides is 3. The number of hydrogen-bond donors (Lipinski definition) is 3. The molecule has 0 radical (unpaired) electrons. The highest BCUT2D eigenvalue weighted by molar-refractivity contribution is 5.49. The summed E-state index contributed by atoms with van der Waals surface area (Å²) in [5.41, 5.74) is 0.281. The summed E-state index contributed by atoms with van der Waals surface area (Å²) in [5.74, 6) is -0.564. The van der Waals surface area contributed by atoms with Gasteiger partial charge in [0.25, 0.3) is 0 Å². The molecule has 3 N–H and O–H groups in total. The Balaban J connectivity index is 3.16. The molecule has 1 aromatic rings. The monoisotopic (exact) mass is 193 g/mol. The Morgan fingerprint density at radius 1 is 1.15 bits per heavy atom. The van der Waals surface area contributed by atoms with Crippen LogP contribution in [0.25, 0.3) is 0 Å². The van der Waals surface area contributed by atoms with Crippen LogP contribution in [0, 0.1) is 0 Å². The van der Waals surface area contributed by atoms with Crippen molar-refractivity contribution in [3.05, 3.63) is 23.8 Å². The van der Waals surface area contributed by atoms with Crippen LogP contribution in [-0.2, 0) is 6.18 Å². The van der Waals surface area contributed by atoms with E-state index in [1.807, 2.05) is 0 Å². The molecule has 0 saturated carbocycles. The molecule has 0 saturated heterocycles. The van der Waals surface area contributed by atoms with Crippen LogP contribution in [0.15, 0.2) is 18.2 Å². The topological polar surface area (TPSA) is 52.5 Å². The molecule has 13 heavy (non-hydrogen) atoms. The number of anilines is 1. The van der Waals surface area contributed by atoms with Crippen LogP contribution < -0.4 is 5.48 Å². The van der Waals surface area contributed by atoms with Gasteiger partial charge in [0.15, 0.2) is 0 Å². The van der Waals surface area contributed by atoms with E-state index in [9.17, 15) is 13.2 Å². The first-order valence-corrected chi connectivity index (χ1v) is 3.25. The van der Waals surface area contributed by atoms with E-state index in [1.165, 1.54) is 5.48 Å². The zero-order chi connectivity index (χ0) is 10.1. The van der Waals surface area contributed by atoms with Gasteiger partial charge < -0.3 is 5.11 Å². The van der Waals surface area contributed by atoms with Gasteiger partial charge in [-0.3, -0.25) is 10.7 Å². The molecule has 6 heteroatoms. The molecular formula is C7H6F3NO2. The van der Waals surface area contributed by atoms with Crippen molar-refractivity contribution in [1.29, 1.82) is 0 Å². The van der Waals surface area contributed by atoms with Crippen LogP contribution in [0.1, 0.15) is 5.56 Å². The van der Waals surface area contributed by atoms with E-state index in [0.717, 1.165) is 6.07 Å². The number of phenolic OH excluding ortho intramolecular Hbond substituents is 1. The minimum atomic E-state index is -4.54. The summed E-state index contributed by atoms with van der Waals surface area (Å²) in [6.45, 7) is 0. The fourth-order valence-electron chi connectivity index (χ4n) is 0.839. The smallest absolute Gasteiger partial charge is 0.416 e. The van der Waals surface area contributed by atoms with E-state index in [4.69, 9.17) is 10.3 Å². The van der Waals surface area contributed by atoms with Crippen molar-refractivity contribution in [3.8, 4) is 5.75 Å². The predicted octanol–water partition coefficient (Wildman–Crippen LogP) is 2.21. The van der Waals surface area contributed by atoms with Crippen molar-refractivity contribution < 1.29 is 23.5 Å². The Labute approximate surface area is 71.4 Å². The molecule has 0 aliphatic heterocycles. The highest BCUT2D eigenvalue weighted by Gasteiger charge is 2.31. The first kappa shape index (κ1) is 9.66. The van der Waals surface area contributed by atoms with Gasteiger partial charge in [-0.05, 0) is 12.1 Å². The van der Waals surface area contributed by atoms with Gasteiger partial charge in [0.05, 0.1) is 11.3 Å². The standard InChI is InChI=1S/C7H6F3NO2/c8-7(9,10)4-1-5(11-13)3-6(12)2-4/h1-3,11-13H. The largest absolute Gasteiger partial charge is 0.508 e. The Kier molecular flexibility index (Phi) is 2.33. The van der Waals surface area contributed by atoms with E-state index in [-0.39, 0.29) is 5.69 Å². The lowest BCUT2D eigenvalue weighted by Crippen LogP contribution is -2.05. The zero-order valence-corrected chi connectivity index (χ0v) is 6.26. The average Bonchev–Trinajstić information content (AvgIpc) is 2.01. The molecule has 1 aromatic carbocycles. The highest BCUT2D eigenvalue weighted by Crippen LogP contribution is 2.33. The van der Waals surface area contributed by atoms with Gasteiger partial charge in [-0.2, -0.15) is 13.2 Å². The summed E-state index contributed by atoms with van der Waals surface area (Å²) >= 11 is 0. The first-order chi connectivity index (χ1) is 5.93. The van der Waals surface area contributed by atoms with Crippen LogP contribution >= 0.6 is 0 Å². The number of hydrogen-bond acceptors (Lipinski definition) is 3. The molecule has 0 unspecified atom stereocenters. The van der Waals surface area contributed by atoms with E-state index >= 15 is 0 Å². The van der Waals surface area contributed by atoms with Gasteiger partial charge >= 0.3 is 6.18 Å². The minimum Gasteiger partial charge on any atom is -0.508 e. The van der Waals surface area contributed by atoms with Gasteiger partial charge in [0, 0.05) is 6.07 Å². The van der Waals surface area contributed by atoms with Crippen molar-refractivity contribution in [2.45, 2.75) is 6.18 Å². The quantitative estimate of drug-likeness (QED) is 0.599. The number of halogens is 3. The third-order valence-corrected chi connectivity index (χ3v) is 1.37. The summed E-state index contributed by atoms with van der Waals surface area (Å²) in [6.07, 6.45) is -4.54. The van der Waals surface area contributed by atoms with Gasteiger partial charge in [0.1, 0.15) is 5.75 Å². The number of phenols is 1. The maximum atomic E-state index is 12.1. The van der Waals surface area contributed by atoms with Gasteiger partial charge in [-0.15, -0.1) is 0 Å².